The summed E-state index contributed by atoms with van der Waals surface area (Å²) >= 11 is 0. The van der Waals surface area contributed by atoms with E-state index in [0.29, 0.717) is 19.8 Å². The van der Waals surface area contributed by atoms with E-state index in [4.69, 9.17) is 54.2 Å². The summed E-state index contributed by atoms with van der Waals surface area (Å²) in [5.41, 5.74) is 2.82. The number of likely N-dealkylation sites (N-methyl/N-ethyl adjacent to an activating group) is 3. The van der Waals surface area contributed by atoms with E-state index in [9.17, 15) is 47.9 Å². The number of amides is 5. The second-order valence-corrected chi connectivity index (χ2v) is 14.7. The first-order valence-electron chi connectivity index (χ1n) is 19.9. The summed E-state index contributed by atoms with van der Waals surface area (Å²) in [5.74, 6) is -6.34. The molecule has 0 aliphatic carbocycles. The molecule has 0 aliphatic rings. The minimum absolute atomic E-state index is 0.0705. The van der Waals surface area contributed by atoms with E-state index < -0.39 is 155 Å². The van der Waals surface area contributed by atoms with Gasteiger partial charge in [0.25, 0.3) is 0 Å². The van der Waals surface area contributed by atoms with Gasteiger partial charge in [0.2, 0.25) is 29.5 Å². The highest BCUT2D eigenvalue weighted by atomic mass is 16.5. The van der Waals surface area contributed by atoms with Gasteiger partial charge in [-0.1, -0.05) is 0 Å². The lowest BCUT2D eigenvalue weighted by atomic mass is 10.0. The fraction of sp³-hybridized carbons (Fsp3) is 0.744. The van der Waals surface area contributed by atoms with Crippen molar-refractivity contribution in [3.63, 3.8) is 0 Å². The van der Waals surface area contributed by atoms with Crippen molar-refractivity contribution in [3.05, 3.63) is 0 Å². The molecule has 0 bridgehead atoms. The summed E-state index contributed by atoms with van der Waals surface area (Å²) in [6, 6.07) is 0. The van der Waals surface area contributed by atoms with Gasteiger partial charge in [-0.3, -0.25) is 47.9 Å². The van der Waals surface area contributed by atoms with Crippen LogP contribution in [0.2, 0.25) is 0 Å². The fourth-order valence-corrected chi connectivity index (χ4v) is 5.39. The first kappa shape index (κ1) is 62.2. The zero-order valence-electron chi connectivity index (χ0n) is 38.5. The van der Waals surface area contributed by atoms with Crippen LogP contribution in [0, 0.1) is 0 Å². The van der Waals surface area contributed by atoms with Crippen LogP contribution in [0.15, 0.2) is 0 Å². The summed E-state index contributed by atoms with van der Waals surface area (Å²) in [7, 11) is 8.48. The number of ketones is 4. The molecular weight excluding hydrogens is 872 g/mol. The molecule has 0 aromatic heterocycles. The Morgan fingerprint density at radius 1 is 0.554 bits per heavy atom. The van der Waals surface area contributed by atoms with Gasteiger partial charge in [0.05, 0.1) is 65.8 Å². The molecule has 0 heterocycles. The Hall–Kier alpha value is -4.90. The summed E-state index contributed by atoms with van der Waals surface area (Å²) in [6.07, 6.45) is -1.93. The minimum Gasteiger partial charge on any atom is -0.455 e. The number of aliphatic hydroxyl groups excluding tert-OH is 3. The summed E-state index contributed by atoms with van der Waals surface area (Å²) in [4.78, 5) is 123. The molecule has 374 valence electrons. The van der Waals surface area contributed by atoms with Crippen LogP contribution >= 0.6 is 0 Å². The van der Waals surface area contributed by atoms with Crippen molar-refractivity contribution in [2.24, 2.45) is 5.73 Å². The first-order chi connectivity index (χ1) is 30.5. The fourth-order valence-electron chi connectivity index (χ4n) is 5.39. The van der Waals surface area contributed by atoms with E-state index in [1.165, 1.54) is 28.1 Å². The molecule has 0 aromatic rings. The average molecular weight is 941 g/mol. The number of nitrogens with two attached hydrogens (primary N) is 1. The van der Waals surface area contributed by atoms with E-state index in [-0.39, 0.29) is 18.9 Å². The molecule has 7 N–H and O–H groups in total. The van der Waals surface area contributed by atoms with E-state index >= 15 is 0 Å². The molecular formula is C39H68N6O20. The number of carbonyl (C=O) groups excluding carboxylic acids is 10. The van der Waals surface area contributed by atoms with Crippen molar-refractivity contribution in [3.8, 4) is 0 Å². The zero-order chi connectivity index (χ0) is 50.2. The Balaban J connectivity index is 0. The predicted octanol–water partition coefficient (Wildman–Crippen LogP) is -6.01. The standard InChI is InChI=1S/C30H48N4O16.C9H20N2O4/c1-20(50-21(2)38)25(42)6-7-26(43)31-30(17-47-14-22(39)8-32(3)27(44)11-35,18-48-15-23(40)9-33(4)28(45)12-36)19-49-16-24(41)10-34(5)29(46)13-37;1-13-5-9(6-14-2,7-15-3)11-8(12)4-10/h20,35-37H,6-19H2,1-5H3,(H,31,43);4-7,10H2,1-3H3,(H,11,12). The number of nitrogens with zero attached hydrogens (tertiary/aromatic N) is 3. The van der Waals surface area contributed by atoms with Gasteiger partial charge in [0.1, 0.15) is 50.7 Å². The smallest absolute Gasteiger partial charge is 0.303 e. The number of hydrogen-bond acceptors (Lipinski definition) is 21. The third-order valence-electron chi connectivity index (χ3n) is 8.50. The molecule has 0 aromatic carbocycles. The summed E-state index contributed by atoms with van der Waals surface area (Å²) in [5, 5.41) is 32.3. The summed E-state index contributed by atoms with van der Waals surface area (Å²) < 4.78 is 36.6. The quantitative estimate of drug-likeness (QED) is 0.0322. The molecule has 0 saturated heterocycles. The van der Waals surface area contributed by atoms with Gasteiger partial charge in [0, 0.05) is 62.2 Å². The maximum absolute atomic E-state index is 13.1. The van der Waals surface area contributed by atoms with Crippen molar-refractivity contribution in [1.82, 2.24) is 25.3 Å². The molecule has 65 heavy (non-hydrogen) atoms. The van der Waals surface area contributed by atoms with Gasteiger partial charge in [-0.25, -0.2) is 0 Å². The Morgan fingerprint density at radius 3 is 1.17 bits per heavy atom. The highest BCUT2D eigenvalue weighted by molar-refractivity contribution is 5.90. The van der Waals surface area contributed by atoms with Crippen LogP contribution in [0.5, 0.6) is 0 Å². The predicted molar refractivity (Wildman–Crippen MR) is 224 cm³/mol. The van der Waals surface area contributed by atoms with Crippen LogP contribution in [0.1, 0.15) is 26.7 Å². The van der Waals surface area contributed by atoms with Gasteiger partial charge in [-0.15, -0.1) is 0 Å². The number of ether oxygens (including phenoxy) is 7. The second-order valence-electron chi connectivity index (χ2n) is 14.7. The molecule has 26 nitrogen and oxygen atoms in total. The molecule has 1 atom stereocenters. The topological polar surface area (TPSA) is 356 Å². The van der Waals surface area contributed by atoms with E-state index in [0.717, 1.165) is 21.6 Å². The Bertz CT molecular complexity index is 1430. The maximum atomic E-state index is 13.1. The molecule has 0 radical (unpaired) electrons. The lowest BCUT2D eigenvalue weighted by Crippen LogP contribution is -2.59. The van der Waals surface area contributed by atoms with Gasteiger partial charge in [0.15, 0.2) is 29.2 Å². The zero-order valence-corrected chi connectivity index (χ0v) is 38.5. The largest absolute Gasteiger partial charge is 0.455 e. The highest BCUT2D eigenvalue weighted by Crippen LogP contribution is 2.12. The molecule has 0 fully saturated rings. The number of aliphatic hydroxyl groups is 3. The Kier molecular flexibility index (Phi) is 33.0. The monoisotopic (exact) mass is 940 g/mol. The van der Waals surface area contributed by atoms with Crippen LogP contribution in [-0.2, 0) is 81.1 Å². The van der Waals surface area contributed by atoms with E-state index in [2.05, 4.69) is 10.6 Å². The second kappa shape index (κ2) is 34.4. The molecule has 0 spiro atoms. The summed E-state index contributed by atoms with van der Waals surface area (Å²) in [6.45, 7) is -3.99. The number of carbonyl (C=O) groups is 10. The first-order valence-corrected chi connectivity index (χ1v) is 19.9. The number of rotatable bonds is 35. The number of esters is 1. The van der Waals surface area contributed by atoms with Crippen LogP contribution in [-0.4, -0.2) is 254 Å². The van der Waals surface area contributed by atoms with Gasteiger partial charge < -0.3 is 79.5 Å². The van der Waals surface area contributed by atoms with Crippen LogP contribution in [0.3, 0.4) is 0 Å². The van der Waals surface area contributed by atoms with Crippen LogP contribution < -0.4 is 16.4 Å². The lowest BCUT2D eigenvalue weighted by molar-refractivity contribution is -0.152. The SMILES string of the molecule is CC(=O)OC(C)C(=O)CCC(=O)NC(COCC(=O)CN(C)C(=O)CO)(COCC(=O)CN(C)C(=O)CO)COCC(=O)CN(C)C(=O)CO.COCC(COC)(COC)NC(=O)CN. The number of hydrogen-bond donors (Lipinski definition) is 6. The third kappa shape index (κ3) is 27.9. The minimum atomic E-state index is -1.74. The van der Waals surface area contributed by atoms with Crippen molar-refractivity contribution in [2.45, 2.75) is 43.9 Å². The molecule has 0 aliphatic heterocycles. The van der Waals surface area contributed by atoms with Gasteiger partial charge in [-0.05, 0) is 6.92 Å². The molecule has 5 amide bonds. The third-order valence-corrected chi connectivity index (χ3v) is 8.50. The van der Waals surface area contributed by atoms with Crippen LogP contribution in [0.25, 0.3) is 0 Å². The lowest BCUT2D eigenvalue weighted by Gasteiger charge is -2.34. The van der Waals surface area contributed by atoms with E-state index in [1.54, 1.807) is 21.3 Å². The molecule has 0 saturated carbocycles. The molecule has 1 unspecified atom stereocenters. The Labute approximate surface area is 377 Å². The number of methoxy groups -OCH3 is 3. The number of Topliss-reactive ketones (excluding diaryl/α,β-unsaturated/α-hetero) is 4. The van der Waals surface area contributed by atoms with Crippen molar-refractivity contribution >= 4 is 58.6 Å². The van der Waals surface area contributed by atoms with Gasteiger partial charge in [-0.2, -0.15) is 0 Å². The van der Waals surface area contributed by atoms with Crippen molar-refractivity contribution < 1.29 is 96.4 Å². The average Bonchev–Trinajstić information content (AvgIpc) is 3.24. The number of nitrogens with one attached hydrogen (secondary N) is 2. The maximum Gasteiger partial charge on any atom is 0.303 e. The van der Waals surface area contributed by atoms with Crippen molar-refractivity contribution in [2.75, 3.05) is 148 Å². The van der Waals surface area contributed by atoms with E-state index in [1.807, 2.05) is 0 Å². The van der Waals surface area contributed by atoms with Gasteiger partial charge >= 0.3 is 5.97 Å². The normalized spacial score (nSPS) is 11.6. The van der Waals surface area contributed by atoms with Crippen molar-refractivity contribution in [1.29, 1.82) is 0 Å². The molecule has 26 heteroatoms. The van der Waals surface area contributed by atoms with Crippen LogP contribution in [0.4, 0.5) is 0 Å². The Morgan fingerprint density at radius 2 is 0.877 bits per heavy atom. The molecule has 0 rings (SSSR count). The highest BCUT2D eigenvalue weighted by Gasteiger charge is 2.36.